The number of nitrogens with two attached hydrogens (primary N) is 2. The molecule has 0 saturated heterocycles. The third kappa shape index (κ3) is 17.4. The van der Waals surface area contributed by atoms with Gasteiger partial charge in [-0.3, -0.25) is 57.6 Å². The molecule has 0 spiro atoms. The fraction of sp³-hybridized carbons (Fsp3) is 0.291. The molecule has 0 radical (unpaired) electrons. The summed E-state index contributed by atoms with van der Waals surface area (Å²) in [6.45, 7) is 5.54. The molecule has 3 aliphatic rings. The monoisotopic (exact) mass is 1440 g/mol. The van der Waals surface area contributed by atoms with Gasteiger partial charge in [-0.15, -0.1) is 12.4 Å². The number of pyridine rings is 2. The van der Waals surface area contributed by atoms with Crippen molar-refractivity contribution in [3.63, 3.8) is 0 Å². The first-order valence-corrected chi connectivity index (χ1v) is 34.8. The molecule has 7 N–H and O–H groups in total. The Kier molecular flexibility index (Phi) is 22.0. The standard InChI is InChI=1S/C32H30FN5O3.C31H29FN6O3.C16H18FN3O2.ClH/c1-19-15-29(38(36-19)25-8-6-22-11-13-34-20(2)26(22)18-25)30(39)17-24-16-23(7-9-27(24)33)28(10-5-21-3-4-21)37-14-12-31(40)35-32(37)41;1-18-14-27(38(36-18)23-7-5-20-10-12-34-30(33)24(20)17-23)28(39)16-22-15-21(6-8-25(22)32)26(9-4-19-2-3-19)37-13-11-29(40)35-31(37)41;17-12-5-4-11(9-13(12)18)14(6-3-10-1-2-10)20-8-7-15(21)19-16(20)22;/h6-9,11-16,18,21,28H,3-5,10,17H2,1-2H3,(H,35,40,41);5-8,10-15,17,19,26H,2-4,9,16H2,1H3,(H2,33,34)(H,35,40,41);4-5,7-10,14H,1-3,6,18H2,(H,19,21,22);1H. The number of halogens is 4. The smallest absolute Gasteiger partial charge is 0.328 e. The second-order valence-electron chi connectivity index (χ2n) is 27.4. The molecule has 26 heteroatoms. The van der Waals surface area contributed by atoms with E-state index in [0.29, 0.717) is 76.0 Å². The molecule has 7 aromatic heterocycles. The summed E-state index contributed by atoms with van der Waals surface area (Å²) in [4.78, 5) is 115. The van der Waals surface area contributed by atoms with E-state index >= 15 is 8.78 Å². The molecule has 15 rings (SSSR count). The summed E-state index contributed by atoms with van der Waals surface area (Å²) in [6, 6.07) is 35.2. The second kappa shape index (κ2) is 31.6. The Bertz CT molecular complexity index is 5370. The number of H-pyrrole nitrogens is 3. The Morgan fingerprint density at radius 2 is 0.848 bits per heavy atom. The van der Waals surface area contributed by atoms with E-state index in [1.165, 1.54) is 81.5 Å². The fourth-order valence-corrected chi connectivity index (χ4v) is 13.5. The summed E-state index contributed by atoms with van der Waals surface area (Å²) >= 11 is 0. The topological polar surface area (TPSA) is 312 Å². The lowest BCUT2D eigenvalue weighted by Crippen LogP contribution is -2.32. The zero-order valence-corrected chi connectivity index (χ0v) is 58.8. The minimum Gasteiger partial charge on any atom is -0.396 e. The van der Waals surface area contributed by atoms with Crippen LogP contribution in [0.25, 0.3) is 32.9 Å². The number of hydrogen-bond donors (Lipinski definition) is 5. The second-order valence-corrected chi connectivity index (χ2v) is 27.4. The van der Waals surface area contributed by atoms with E-state index in [4.69, 9.17) is 11.5 Å². The summed E-state index contributed by atoms with van der Waals surface area (Å²) in [6.07, 6.45) is 19.4. The molecule has 3 fully saturated rings. The van der Waals surface area contributed by atoms with Gasteiger partial charge in [-0.05, 0) is 188 Å². The molecular formula is C79H78ClF3N14O8. The normalized spacial score (nSPS) is 14.2. The van der Waals surface area contributed by atoms with Crippen LogP contribution in [0.3, 0.4) is 0 Å². The lowest BCUT2D eigenvalue weighted by atomic mass is 9.96. The van der Waals surface area contributed by atoms with Crippen molar-refractivity contribution in [2.45, 2.75) is 129 Å². The maximum absolute atomic E-state index is 15.1. The van der Waals surface area contributed by atoms with Crippen molar-refractivity contribution in [2.75, 3.05) is 11.5 Å². The SMILES string of the molecule is Cc1cc(C(=O)Cc2cc(C(CCC3CC3)n3ccc(=O)[nH]c3=O)ccc2F)n(-c2ccc3ccnc(C)c3c2)n1.Cc1cc(C(=O)Cc2cc(C(CCC3CC3)n3ccc(=O)[nH]c3=O)ccc2F)n(-c2ccc3ccnc(N)c3c2)n1.Cl.Nc1cc(C(CCC2CC2)n2ccc(=O)[nH]c2=O)ccc1F. The van der Waals surface area contributed by atoms with Crippen LogP contribution in [-0.4, -0.2) is 69.7 Å². The molecular weight excluding hydrogens is 1370 g/mol. The third-order valence-corrected chi connectivity index (χ3v) is 19.7. The van der Waals surface area contributed by atoms with Gasteiger partial charge in [0.1, 0.15) is 34.7 Å². The first-order valence-electron chi connectivity index (χ1n) is 34.8. The van der Waals surface area contributed by atoms with Gasteiger partial charge in [0.25, 0.3) is 16.7 Å². The van der Waals surface area contributed by atoms with Crippen LogP contribution in [0.2, 0.25) is 0 Å². The van der Waals surface area contributed by atoms with Crippen LogP contribution in [0.5, 0.6) is 0 Å². The number of Topliss-reactive ketones (excluding diaryl/α,β-unsaturated/α-hetero) is 2. The third-order valence-electron chi connectivity index (χ3n) is 19.7. The van der Waals surface area contributed by atoms with Gasteiger partial charge in [0.05, 0.1) is 46.6 Å². The maximum Gasteiger partial charge on any atom is 0.328 e. The first-order chi connectivity index (χ1) is 50.1. The lowest BCUT2D eigenvalue weighted by molar-refractivity contribution is 0.0976. The van der Waals surface area contributed by atoms with Crippen molar-refractivity contribution in [2.24, 2.45) is 17.8 Å². The van der Waals surface area contributed by atoms with Gasteiger partial charge in [0.2, 0.25) is 0 Å². The zero-order chi connectivity index (χ0) is 73.0. The summed E-state index contributed by atoms with van der Waals surface area (Å²) in [5.41, 5.74) is 15.8. The predicted molar refractivity (Wildman–Crippen MR) is 398 cm³/mol. The van der Waals surface area contributed by atoms with Gasteiger partial charge in [0.15, 0.2) is 11.6 Å². The molecule has 3 saturated carbocycles. The van der Waals surface area contributed by atoms with Crippen LogP contribution < -0.4 is 45.2 Å². The van der Waals surface area contributed by atoms with Crippen LogP contribution in [0.4, 0.5) is 24.7 Å². The number of ketones is 2. The highest BCUT2D eigenvalue weighted by Gasteiger charge is 2.30. The highest BCUT2D eigenvalue weighted by Crippen LogP contribution is 2.40. The summed E-state index contributed by atoms with van der Waals surface area (Å²) < 4.78 is 51.2. The Labute approximate surface area is 605 Å². The quantitative estimate of drug-likeness (QED) is 0.0294. The largest absolute Gasteiger partial charge is 0.396 e. The zero-order valence-electron chi connectivity index (χ0n) is 57.9. The Morgan fingerprint density at radius 3 is 1.25 bits per heavy atom. The van der Waals surface area contributed by atoms with Gasteiger partial charge >= 0.3 is 17.1 Å². The van der Waals surface area contributed by atoms with Crippen molar-refractivity contribution in [3.8, 4) is 11.4 Å². The van der Waals surface area contributed by atoms with E-state index in [1.807, 2.05) is 62.4 Å². The predicted octanol–water partition coefficient (Wildman–Crippen LogP) is 12.2. The number of nitrogens with zero attached hydrogens (tertiary/aromatic N) is 9. The molecule has 3 atom stereocenters. The molecule has 12 aromatic rings. The average molecular weight is 1440 g/mol. The number of aromatic amines is 3. The highest BCUT2D eigenvalue weighted by atomic mass is 35.5. The van der Waals surface area contributed by atoms with Crippen LogP contribution in [-0.2, 0) is 12.8 Å². The molecule has 7 heterocycles. The number of hydrogen-bond acceptors (Lipinski definition) is 14. The van der Waals surface area contributed by atoms with Crippen LogP contribution in [0, 0.1) is 56.0 Å². The van der Waals surface area contributed by atoms with E-state index in [0.717, 1.165) is 89.9 Å². The van der Waals surface area contributed by atoms with Gasteiger partial charge < -0.3 is 11.5 Å². The molecule has 3 aliphatic carbocycles. The Hall–Kier alpha value is -11.6. The van der Waals surface area contributed by atoms with Gasteiger partial charge in [-0.25, -0.2) is 41.9 Å². The van der Waals surface area contributed by atoms with Gasteiger partial charge in [0, 0.05) is 78.5 Å². The number of carbonyl (C=O) groups excluding carboxylic acids is 2. The molecule has 0 bridgehead atoms. The minimum absolute atomic E-state index is 0. The van der Waals surface area contributed by atoms with E-state index in [1.54, 1.807) is 77.2 Å². The van der Waals surface area contributed by atoms with E-state index in [2.05, 4.69) is 35.1 Å². The molecule has 105 heavy (non-hydrogen) atoms. The number of aryl methyl sites for hydroxylation is 3. The highest BCUT2D eigenvalue weighted by molar-refractivity contribution is 5.98. The van der Waals surface area contributed by atoms with Crippen molar-refractivity contribution in [3.05, 3.63) is 301 Å². The van der Waals surface area contributed by atoms with E-state index in [9.17, 15) is 42.7 Å². The number of nitrogen functional groups attached to an aromatic ring is 2. The van der Waals surface area contributed by atoms with Crippen LogP contribution >= 0.6 is 12.4 Å². The maximum atomic E-state index is 15.1. The summed E-state index contributed by atoms with van der Waals surface area (Å²) in [5.74, 6) is 0.251. The summed E-state index contributed by atoms with van der Waals surface area (Å²) in [7, 11) is 0. The molecule has 540 valence electrons. The van der Waals surface area contributed by atoms with Gasteiger partial charge in [-0.1, -0.05) is 81.0 Å². The molecule has 0 aliphatic heterocycles. The van der Waals surface area contributed by atoms with Gasteiger partial charge in [-0.2, -0.15) is 10.2 Å². The number of fused-ring (bicyclic) bond motifs is 2. The van der Waals surface area contributed by atoms with Crippen molar-refractivity contribution in [1.29, 1.82) is 0 Å². The average Bonchev–Trinajstić information content (AvgIpc) is 1.78. The van der Waals surface area contributed by atoms with Crippen molar-refractivity contribution in [1.82, 2.24) is 58.2 Å². The van der Waals surface area contributed by atoms with Crippen LogP contribution in [0.1, 0.15) is 161 Å². The fourth-order valence-electron chi connectivity index (χ4n) is 13.5. The number of carbonyl (C=O) groups is 2. The number of benzene rings is 5. The molecule has 22 nitrogen and oxygen atoms in total. The Morgan fingerprint density at radius 1 is 0.467 bits per heavy atom. The minimum atomic E-state index is -0.522. The number of aromatic nitrogens is 12. The number of anilines is 2. The van der Waals surface area contributed by atoms with E-state index in [-0.39, 0.29) is 59.7 Å². The van der Waals surface area contributed by atoms with Crippen molar-refractivity contribution < 1.29 is 22.8 Å². The van der Waals surface area contributed by atoms with Crippen molar-refractivity contribution >= 4 is 57.0 Å². The summed E-state index contributed by atoms with van der Waals surface area (Å²) in [5, 5.41) is 12.7. The lowest BCUT2D eigenvalue weighted by Gasteiger charge is -2.21. The number of nitrogens with one attached hydrogen (secondary N) is 3. The first kappa shape index (κ1) is 73.2. The molecule has 0 amide bonds. The molecule has 5 aromatic carbocycles. The Balaban J connectivity index is 0.000000154. The number of rotatable bonds is 23. The van der Waals surface area contributed by atoms with Crippen LogP contribution in [0.15, 0.2) is 193 Å². The molecule has 3 unspecified atom stereocenters. The van der Waals surface area contributed by atoms with E-state index < -0.39 is 63.3 Å².